The van der Waals surface area contributed by atoms with E-state index in [1.807, 2.05) is 69.3 Å². The molecule has 1 spiro atoms. The van der Waals surface area contributed by atoms with Crippen LogP contribution in [0.15, 0.2) is 48.5 Å². The van der Waals surface area contributed by atoms with Gasteiger partial charge in [-0.1, -0.05) is 56.2 Å². The highest BCUT2D eigenvalue weighted by molar-refractivity contribution is 5.99. The molecule has 3 amide bonds. The van der Waals surface area contributed by atoms with Crippen LogP contribution in [0.3, 0.4) is 0 Å². The molecule has 9 nitrogen and oxygen atoms in total. The van der Waals surface area contributed by atoms with Crippen LogP contribution >= 0.6 is 0 Å². The Morgan fingerprint density at radius 2 is 1.72 bits per heavy atom. The predicted octanol–water partition coefficient (Wildman–Crippen LogP) is 6.55. The van der Waals surface area contributed by atoms with Crippen molar-refractivity contribution in [3.8, 4) is 0 Å². The Labute approximate surface area is 254 Å². The number of ether oxygens (including phenoxy) is 3. The van der Waals surface area contributed by atoms with Crippen LogP contribution in [0.5, 0.6) is 0 Å². The third kappa shape index (κ3) is 7.50. The fourth-order valence-corrected chi connectivity index (χ4v) is 6.55. The summed E-state index contributed by atoms with van der Waals surface area (Å²) in [5.74, 6) is 0.301. The van der Waals surface area contributed by atoms with Crippen LogP contribution in [0.2, 0.25) is 0 Å². The van der Waals surface area contributed by atoms with E-state index in [9.17, 15) is 14.4 Å². The van der Waals surface area contributed by atoms with E-state index in [0.29, 0.717) is 31.4 Å². The van der Waals surface area contributed by atoms with Crippen molar-refractivity contribution >= 4 is 29.5 Å². The summed E-state index contributed by atoms with van der Waals surface area (Å²) in [5.41, 5.74) is 2.40. The van der Waals surface area contributed by atoms with Crippen LogP contribution in [0.4, 0.5) is 21.0 Å². The van der Waals surface area contributed by atoms with Gasteiger partial charge in [-0.3, -0.25) is 9.69 Å². The molecule has 1 saturated carbocycles. The second-order valence-electron chi connectivity index (χ2n) is 13.4. The number of rotatable bonds is 6. The van der Waals surface area contributed by atoms with Crippen molar-refractivity contribution in [2.24, 2.45) is 11.8 Å². The van der Waals surface area contributed by atoms with Gasteiger partial charge in [0, 0.05) is 30.9 Å². The average Bonchev–Trinajstić information content (AvgIpc) is 3.28. The van der Waals surface area contributed by atoms with Gasteiger partial charge in [-0.2, -0.15) is 0 Å². The zero-order chi connectivity index (χ0) is 30.6. The minimum Gasteiger partial charge on any atom is -0.445 e. The molecule has 0 aromatic heterocycles. The maximum atomic E-state index is 13.8. The topological polar surface area (TPSA) is 106 Å². The Morgan fingerprint density at radius 3 is 2.40 bits per heavy atom. The minimum absolute atomic E-state index is 0.00123. The minimum atomic E-state index is -0.743. The van der Waals surface area contributed by atoms with Crippen molar-refractivity contribution in [3.05, 3.63) is 59.7 Å². The van der Waals surface area contributed by atoms with E-state index in [1.165, 1.54) is 0 Å². The summed E-state index contributed by atoms with van der Waals surface area (Å²) in [6.45, 7) is 9.68. The van der Waals surface area contributed by atoms with Crippen LogP contribution in [-0.4, -0.2) is 49.5 Å². The average molecular weight is 592 g/mol. The number of carbonyl (C=O) groups is 3. The molecule has 2 aromatic carbocycles. The first-order chi connectivity index (χ1) is 20.5. The highest BCUT2D eigenvalue weighted by Crippen LogP contribution is 2.48. The predicted molar refractivity (Wildman–Crippen MR) is 165 cm³/mol. The normalized spacial score (nSPS) is 21.9. The second kappa shape index (κ2) is 13.0. The zero-order valence-corrected chi connectivity index (χ0v) is 25.8. The quantitative estimate of drug-likeness (QED) is 0.395. The van der Waals surface area contributed by atoms with E-state index in [4.69, 9.17) is 14.2 Å². The molecule has 2 N–H and O–H groups in total. The van der Waals surface area contributed by atoms with Crippen molar-refractivity contribution in [1.29, 1.82) is 0 Å². The standard InChI is InChI=1S/C34H45N3O6/c1-23-10-12-25(13-11-23)29(36-31(39)42-21-24-8-6-5-7-9-24)30(38)35-26-14-15-27-28(20-26)37(32(40)43-33(2,3)4)22-34(27)16-18-41-19-17-34/h5-9,14-15,20,23,25,29H,10-13,16-19,21-22H2,1-4H3,(H,35,38)(H,36,39). The molecular weight excluding hydrogens is 546 g/mol. The molecule has 2 fully saturated rings. The van der Waals surface area contributed by atoms with E-state index in [0.717, 1.165) is 55.3 Å². The molecule has 1 saturated heterocycles. The first-order valence-electron chi connectivity index (χ1n) is 15.5. The Morgan fingerprint density at radius 1 is 1.02 bits per heavy atom. The first-order valence-corrected chi connectivity index (χ1v) is 15.5. The second-order valence-corrected chi connectivity index (χ2v) is 13.4. The molecule has 9 heteroatoms. The SMILES string of the molecule is CC1CCC(C(NC(=O)OCc2ccccc2)C(=O)Nc2ccc3c(c2)N(C(=O)OC(C)(C)C)CC32CCOCC2)CC1. The monoisotopic (exact) mass is 591 g/mol. The molecule has 0 bridgehead atoms. The zero-order valence-electron chi connectivity index (χ0n) is 25.8. The van der Waals surface area contributed by atoms with E-state index in [1.54, 1.807) is 4.90 Å². The summed E-state index contributed by atoms with van der Waals surface area (Å²) in [5, 5.41) is 5.92. The summed E-state index contributed by atoms with van der Waals surface area (Å²) in [6, 6.07) is 14.5. The highest BCUT2D eigenvalue weighted by Gasteiger charge is 2.47. The van der Waals surface area contributed by atoms with Gasteiger partial charge in [0.05, 0.1) is 5.69 Å². The van der Waals surface area contributed by atoms with Crippen LogP contribution in [0.25, 0.3) is 0 Å². The Kier molecular flexibility index (Phi) is 9.30. The van der Waals surface area contributed by atoms with Crippen molar-refractivity contribution in [2.75, 3.05) is 30.0 Å². The van der Waals surface area contributed by atoms with Gasteiger partial charge in [-0.25, -0.2) is 9.59 Å². The number of fused-ring (bicyclic) bond motifs is 2. The van der Waals surface area contributed by atoms with Gasteiger partial charge < -0.3 is 24.8 Å². The van der Waals surface area contributed by atoms with Gasteiger partial charge >= 0.3 is 12.2 Å². The summed E-state index contributed by atoms with van der Waals surface area (Å²) < 4.78 is 16.9. The first kappa shape index (κ1) is 30.9. The van der Waals surface area contributed by atoms with Crippen molar-refractivity contribution < 1.29 is 28.6 Å². The van der Waals surface area contributed by atoms with Gasteiger partial charge in [0.15, 0.2) is 0 Å². The van der Waals surface area contributed by atoms with E-state index in [2.05, 4.69) is 17.6 Å². The molecule has 3 aliphatic rings. The van der Waals surface area contributed by atoms with Gasteiger partial charge in [0.1, 0.15) is 18.2 Å². The molecule has 1 unspecified atom stereocenters. The van der Waals surface area contributed by atoms with Crippen molar-refractivity contribution in [2.45, 2.75) is 89.9 Å². The molecule has 2 aliphatic heterocycles. The largest absolute Gasteiger partial charge is 0.445 e. The van der Waals surface area contributed by atoms with Gasteiger partial charge in [0.2, 0.25) is 5.91 Å². The molecule has 1 atom stereocenters. The summed E-state index contributed by atoms with van der Waals surface area (Å²) in [7, 11) is 0. The van der Waals surface area contributed by atoms with Crippen LogP contribution in [0.1, 0.15) is 77.3 Å². The third-order valence-corrected chi connectivity index (χ3v) is 8.95. The number of hydrogen-bond donors (Lipinski definition) is 2. The van der Waals surface area contributed by atoms with Gasteiger partial charge in [-0.05, 0) is 81.5 Å². The van der Waals surface area contributed by atoms with Crippen molar-refractivity contribution in [3.63, 3.8) is 0 Å². The molecule has 2 aromatic rings. The number of alkyl carbamates (subject to hydrolysis) is 1. The van der Waals surface area contributed by atoms with Crippen LogP contribution in [0, 0.1) is 11.8 Å². The summed E-state index contributed by atoms with van der Waals surface area (Å²) >= 11 is 0. The number of nitrogens with one attached hydrogen (secondary N) is 2. The Balaban J connectivity index is 1.35. The number of anilines is 2. The maximum absolute atomic E-state index is 13.8. The number of amides is 3. The van der Waals surface area contributed by atoms with Crippen LogP contribution in [-0.2, 0) is 31.0 Å². The third-order valence-electron chi connectivity index (χ3n) is 8.95. The maximum Gasteiger partial charge on any atom is 0.414 e. The lowest BCUT2D eigenvalue weighted by atomic mass is 9.76. The summed E-state index contributed by atoms with van der Waals surface area (Å²) in [6.07, 6.45) is 4.30. The van der Waals surface area contributed by atoms with Gasteiger partial charge in [-0.15, -0.1) is 0 Å². The number of benzene rings is 2. The van der Waals surface area contributed by atoms with E-state index < -0.39 is 23.8 Å². The van der Waals surface area contributed by atoms with Gasteiger partial charge in [0.25, 0.3) is 0 Å². The Bertz CT molecular complexity index is 1290. The van der Waals surface area contributed by atoms with E-state index >= 15 is 0 Å². The highest BCUT2D eigenvalue weighted by atomic mass is 16.6. The Hall–Kier alpha value is -3.59. The van der Waals surface area contributed by atoms with Crippen molar-refractivity contribution in [1.82, 2.24) is 5.32 Å². The molecule has 1 aliphatic carbocycles. The smallest absolute Gasteiger partial charge is 0.414 e. The molecule has 232 valence electrons. The van der Waals surface area contributed by atoms with E-state index in [-0.39, 0.29) is 23.8 Å². The fraction of sp³-hybridized carbons (Fsp3) is 0.559. The lowest BCUT2D eigenvalue weighted by Crippen LogP contribution is -2.49. The van der Waals surface area contributed by atoms with Crippen LogP contribution < -0.4 is 15.5 Å². The fourth-order valence-electron chi connectivity index (χ4n) is 6.55. The summed E-state index contributed by atoms with van der Waals surface area (Å²) in [4.78, 5) is 41.7. The number of hydrogen-bond acceptors (Lipinski definition) is 6. The molecule has 5 rings (SSSR count). The molecular formula is C34H45N3O6. The molecule has 43 heavy (non-hydrogen) atoms. The molecule has 2 heterocycles. The lowest BCUT2D eigenvalue weighted by molar-refractivity contribution is -0.119. The lowest BCUT2D eigenvalue weighted by Gasteiger charge is -2.34. The number of nitrogens with zero attached hydrogens (tertiary/aromatic N) is 1. The number of carbonyl (C=O) groups excluding carboxylic acids is 3. The molecule has 0 radical (unpaired) electrons.